The fourth-order valence-corrected chi connectivity index (χ4v) is 3.30. The summed E-state index contributed by atoms with van der Waals surface area (Å²) in [6.07, 6.45) is 2.67. The molecule has 1 aliphatic heterocycles. The van der Waals surface area contributed by atoms with Crippen molar-refractivity contribution in [2.45, 2.75) is 19.4 Å². The second-order valence-electron chi connectivity index (χ2n) is 6.57. The number of nitrogens with one attached hydrogen (secondary N) is 1. The van der Waals surface area contributed by atoms with Crippen LogP contribution >= 0.6 is 0 Å². The molecule has 0 bridgehead atoms. The van der Waals surface area contributed by atoms with Gasteiger partial charge in [-0.3, -0.25) is 10.1 Å². The van der Waals surface area contributed by atoms with Crippen molar-refractivity contribution in [3.63, 3.8) is 0 Å². The molecule has 0 unspecified atom stereocenters. The van der Waals surface area contributed by atoms with E-state index >= 15 is 0 Å². The Hall–Kier alpha value is -3.54. The van der Waals surface area contributed by atoms with E-state index in [4.69, 9.17) is 9.15 Å². The maximum atomic E-state index is 12.6. The van der Waals surface area contributed by atoms with Gasteiger partial charge < -0.3 is 14.1 Å². The fourth-order valence-electron chi connectivity index (χ4n) is 3.30. The Morgan fingerprint density at radius 2 is 1.93 bits per heavy atom. The molecule has 6 heteroatoms. The average molecular weight is 376 g/mol. The first-order valence-corrected chi connectivity index (χ1v) is 9.17. The largest absolute Gasteiger partial charge is 0.459 e. The van der Waals surface area contributed by atoms with Gasteiger partial charge in [0.05, 0.1) is 6.26 Å². The van der Waals surface area contributed by atoms with Crippen LogP contribution in [0.1, 0.15) is 28.1 Å². The molecule has 2 aromatic carbocycles. The van der Waals surface area contributed by atoms with Crippen LogP contribution in [-0.2, 0) is 17.8 Å². The number of fused-ring (bicyclic) bond motifs is 1. The van der Waals surface area contributed by atoms with E-state index in [0.29, 0.717) is 18.0 Å². The number of rotatable bonds is 4. The van der Waals surface area contributed by atoms with E-state index in [9.17, 15) is 9.59 Å². The van der Waals surface area contributed by atoms with Crippen molar-refractivity contribution in [2.24, 2.45) is 0 Å². The average Bonchev–Trinajstić information content (AvgIpc) is 3.27. The predicted octanol–water partition coefficient (Wildman–Crippen LogP) is 4.62. The second-order valence-corrected chi connectivity index (χ2v) is 6.57. The monoisotopic (exact) mass is 376 g/mol. The number of carbonyl (C=O) groups excluding carboxylic acids is 2. The summed E-state index contributed by atoms with van der Waals surface area (Å²) in [6, 6.07) is 18.4. The lowest BCUT2D eigenvalue weighted by atomic mass is 10.0. The van der Waals surface area contributed by atoms with Crippen LogP contribution in [0.2, 0.25) is 0 Å². The van der Waals surface area contributed by atoms with Crippen LogP contribution in [0.3, 0.4) is 0 Å². The summed E-state index contributed by atoms with van der Waals surface area (Å²) >= 11 is 0. The van der Waals surface area contributed by atoms with Crippen molar-refractivity contribution < 1.29 is 18.7 Å². The lowest BCUT2D eigenvalue weighted by Gasteiger charge is -2.29. The molecule has 4 rings (SSSR count). The topological polar surface area (TPSA) is 71.8 Å². The minimum Gasteiger partial charge on any atom is -0.459 e. The van der Waals surface area contributed by atoms with Crippen LogP contribution in [0, 0.1) is 0 Å². The summed E-state index contributed by atoms with van der Waals surface area (Å²) in [5.74, 6) is 0.161. The third kappa shape index (κ3) is 3.91. The van der Waals surface area contributed by atoms with E-state index in [1.165, 1.54) is 6.26 Å². The molecule has 0 saturated heterocycles. The molecule has 0 fully saturated rings. The number of furan rings is 1. The summed E-state index contributed by atoms with van der Waals surface area (Å²) in [4.78, 5) is 26.4. The fraction of sp³-hybridized carbons (Fsp3) is 0.182. The molecule has 142 valence electrons. The Bertz CT molecular complexity index is 967. The van der Waals surface area contributed by atoms with E-state index in [1.807, 2.05) is 42.5 Å². The minimum absolute atomic E-state index is 0.158. The highest BCUT2D eigenvalue weighted by atomic mass is 16.5. The molecule has 6 nitrogen and oxygen atoms in total. The van der Waals surface area contributed by atoms with Crippen molar-refractivity contribution in [1.82, 2.24) is 0 Å². The number of ether oxygens (including phenoxy) is 1. The summed E-state index contributed by atoms with van der Waals surface area (Å²) in [6.45, 7) is 0.849. The van der Waals surface area contributed by atoms with Crippen LogP contribution in [0.4, 0.5) is 16.2 Å². The molecule has 0 radical (unpaired) electrons. The molecule has 1 aliphatic rings. The Kier molecular flexibility index (Phi) is 5.10. The van der Waals surface area contributed by atoms with Gasteiger partial charge in [0, 0.05) is 17.9 Å². The minimum atomic E-state index is -0.511. The highest BCUT2D eigenvalue weighted by Crippen LogP contribution is 2.31. The Balaban J connectivity index is 1.43. The Labute approximate surface area is 162 Å². The molecule has 0 aliphatic carbocycles. The van der Waals surface area contributed by atoms with E-state index in [0.717, 1.165) is 29.7 Å². The zero-order valence-electron chi connectivity index (χ0n) is 15.3. The quantitative estimate of drug-likeness (QED) is 0.721. The second kappa shape index (κ2) is 8.00. The number of hydrogen-bond donors (Lipinski definition) is 1. The maximum Gasteiger partial charge on any atom is 0.411 e. The van der Waals surface area contributed by atoms with Crippen molar-refractivity contribution in [3.05, 3.63) is 83.8 Å². The molecule has 3 aromatic rings. The summed E-state index contributed by atoms with van der Waals surface area (Å²) < 4.78 is 10.5. The van der Waals surface area contributed by atoms with Gasteiger partial charge in [-0.25, -0.2) is 4.79 Å². The third-order valence-electron chi connectivity index (χ3n) is 4.63. The van der Waals surface area contributed by atoms with Gasteiger partial charge in [-0.15, -0.1) is 0 Å². The van der Waals surface area contributed by atoms with Gasteiger partial charge in [-0.2, -0.15) is 0 Å². The summed E-state index contributed by atoms with van der Waals surface area (Å²) in [5, 5.41) is 2.75. The SMILES string of the molecule is O=C(Nc1ccc2c(c1)CCCN2C(=O)c1ccco1)OCc1ccccc1. The molecule has 1 aromatic heterocycles. The lowest BCUT2D eigenvalue weighted by Crippen LogP contribution is -2.35. The van der Waals surface area contributed by atoms with E-state index in [-0.39, 0.29) is 12.5 Å². The van der Waals surface area contributed by atoms with Gasteiger partial charge in [0.2, 0.25) is 0 Å². The van der Waals surface area contributed by atoms with Crippen LogP contribution in [-0.4, -0.2) is 18.5 Å². The lowest BCUT2D eigenvalue weighted by molar-refractivity contribution is 0.0958. The molecule has 0 spiro atoms. The van der Waals surface area contributed by atoms with Gasteiger partial charge in [0.15, 0.2) is 5.76 Å². The number of benzene rings is 2. The zero-order valence-corrected chi connectivity index (χ0v) is 15.3. The standard InChI is InChI=1S/C22H20N2O4/c25-21(20-9-5-13-27-20)24-12-4-8-17-14-18(10-11-19(17)24)23-22(26)28-15-16-6-2-1-3-7-16/h1-3,5-7,9-11,13-14H,4,8,12,15H2,(H,23,26). The molecule has 2 amide bonds. The molecule has 28 heavy (non-hydrogen) atoms. The highest BCUT2D eigenvalue weighted by Gasteiger charge is 2.25. The molecule has 1 N–H and O–H groups in total. The number of hydrogen-bond acceptors (Lipinski definition) is 4. The molecular weight excluding hydrogens is 356 g/mol. The summed E-state index contributed by atoms with van der Waals surface area (Å²) in [5.41, 5.74) is 3.42. The number of amides is 2. The van der Waals surface area contributed by atoms with Gasteiger partial charge >= 0.3 is 6.09 Å². The first-order chi connectivity index (χ1) is 13.7. The van der Waals surface area contributed by atoms with Crippen LogP contribution in [0.5, 0.6) is 0 Å². The van der Waals surface area contributed by atoms with Crippen molar-refractivity contribution in [3.8, 4) is 0 Å². The zero-order chi connectivity index (χ0) is 19.3. The molecule has 0 atom stereocenters. The number of carbonyl (C=O) groups is 2. The van der Waals surface area contributed by atoms with Crippen molar-refractivity contribution in [1.29, 1.82) is 0 Å². The number of nitrogens with zero attached hydrogens (tertiary/aromatic N) is 1. The first-order valence-electron chi connectivity index (χ1n) is 9.17. The third-order valence-corrected chi connectivity index (χ3v) is 4.63. The first kappa shape index (κ1) is 17.9. The molecule has 2 heterocycles. The summed E-state index contributed by atoms with van der Waals surface area (Å²) in [7, 11) is 0. The van der Waals surface area contributed by atoms with Crippen LogP contribution < -0.4 is 10.2 Å². The van der Waals surface area contributed by atoms with E-state index in [2.05, 4.69) is 5.32 Å². The van der Waals surface area contributed by atoms with Gasteiger partial charge in [-0.1, -0.05) is 30.3 Å². The van der Waals surface area contributed by atoms with Crippen molar-refractivity contribution >= 4 is 23.4 Å². The Morgan fingerprint density at radius 3 is 2.71 bits per heavy atom. The maximum absolute atomic E-state index is 12.6. The Morgan fingerprint density at radius 1 is 1.07 bits per heavy atom. The van der Waals surface area contributed by atoms with E-state index in [1.54, 1.807) is 23.1 Å². The van der Waals surface area contributed by atoms with Crippen LogP contribution in [0.15, 0.2) is 71.3 Å². The highest BCUT2D eigenvalue weighted by molar-refractivity contribution is 6.05. The molecule has 0 saturated carbocycles. The smallest absolute Gasteiger partial charge is 0.411 e. The van der Waals surface area contributed by atoms with Crippen molar-refractivity contribution in [2.75, 3.05) is 16.8 Å². The number of anilines is 2. The van der Waals surface area contributed by atoms with Gasteiger partial charge in [0.1, 0.15) is 6.61 Å². The van der Waals surface area contributed by atoms with E-state index < -0.39 is 6.09 Å². The van der Waals surface area contributed by atoms with Gasteiger partial charge in [0.25, 0.3) is 5.91 Å². The normalized spacial score (nSPS) is 12.9. The van der Waals surface area contributed by atoms with Gasteiger partial charge in [-0.05, 0) is 54.3 Å². The molecular formula is C22H20N2O4. The van der Waals surface area contributed by atoms with Crippen LogP contribution in [0.25, 0.3) is 0 Å². The predicted molar refractivity (Wildman–Crippen MR) is 105 cm³/mol. The number of aryl methyl sites for hydroxylation is 1.